The van der Waals surface area contributed by atoms with Crippen molar-refractivity contribution in [3.05, 3.63) is 35.9 Å². The number of hydrogen-bond acceptors (Lipinski definition) is 3. The fourth-order valence-electron chi connectivity index (χ4n) is 3.23. The Bertz CT molecular complexity index is 559. The van der Waals surface area contributed by atoms with Crippen LogP contribution in [-0.2, 0) is 16.1 Å². The maximum atomic E-state index is 12.6. The molecule has 1 aliphatic carbocycles. The van der Waals surface area contributed by atoms with Gasteiger partial charge in [0.15, 0.2) is 0 Å². The lowest BCUT2D eigenvalue weighted by Crippen LogP contribution is -2.53. The summed E-state index contributed by atoms with van der Waals surface area (Å²) in [6.07, 6.45) is 3.97. The molecule has 138 valence electrons. The van der Waals surface area contributed by atoms with Crippen LogP contribution in [0.2, 0.25) is 0 Å². The summed E-state index contributed by atoms with van der Waals surface area (Å²) in [7, 11) is 0. The van der Waals surface area contributed by atoms with Crippen molar-refractivity contribution in [2.24, 2.45) is 11.8 Å². The van der Waals surface area contributed by atoms with Crippen LogP contribution >= 0.6 is 0 Å². The van der Waals surface area contributed by atoms with Crippen LogP contribution in [0.15, 0.2) is 30.3 Å². The van der Waals surface area contributed by atoms with Crippen LogP contribution in [0.3, 0.4) is 0 Å². The van der Waals surface area contributed by atoms with Crippen molar-refractivity contribution in [1.29, 1.82) is 0 Å². The van der Waals surface area contributed by atoms with Crippen LogP contribution < -0.4 is 10.6 Å². The third-order valence-electron chi connectivity index (χ3n) is 4.87. The zero-order valence-electron chi connectivity index (χ0n) is 15.5. The topological polar surface area (TPSA) is 67.4 Å². The molecule has 0 unspecified atom stereocenters. The number of hydrogen-bond donors (Lipinski definition) is 2. The van der Waals surface area contributed by atoms with Crippen molar-refractivity contribution < 1.29 is 14.3 Å². The van der Waals surface area contributed by atoms with E-state index in [4.69, 9.17) is 4.74 Å². The van der Waals surface area contributed by atoms with Gasteiger partial charge in [0.1, 0.15) is 12.6 Å². The number of carbonyl (C=O) groups is 2. The van der Waals surface area contributed by atoms with Crippen LogP contribution in [0.1, 0.15) is 52.0 Å². The van der Waals surface area contributed by atoms with Crippen molar-refractivity contribution in [2.45, 2.75) is 65.1 Å². The van der Waals surface area contributed by atoms with Gasteiger partial charge in [0.25, 0.3) is 0 Å². The van der Waals surface area contributed by atoms with Crippen molar-refractivity contribution in [3.8, 4) is 0 Å². The Morgan fingerprint density at radius 3 is 2.48 bits per heavy atom. The molecule has 3 atom stereocenters. The lowest BCUT2D eigenvalue weighted by atomic mass is 9.85. The molecule has 1 aliphatic rings. The average Bonchev–Trinajstić information content (AvgIpc) is 2.60. The van der Waals surface area contributed by atoms with Gasteiger partial charge in [-0.25, -0.2) is 4.79 Å². The molecule has 1 aromatic carbocycles. The minimum atomic E-state index is -0.586. The van der Waals surface area contributed by atoms with Gasteiger partial charge in [-0.05, 0) is 30.2 Å². The van der Waals surface area contributed by atoms with Gasteiger partial charge in [-0.15, -0.1) is 0 Å². The van der Waals surface area contributed by atoms with E-state index in [1.165, 1.54) is 6.42 Å². The number of carbonyl (C=O) groups excluding carboxylic acids is 2. The van der Waals surface area contributed by atoms with Crippen LogP contribution in [0.5, 0.6) is 0 Å². The molecule has 1 fully saturated rings. The lowest BCUT2D eigenvalue weighted by molar-refractivity contribution is -0.125. The molecule has 0 spiro atoms. The fourth-order valence-corrected chi connectivity index (χ4v) is 3.23. The summed E-state index contributed by atoms with van der Waals surface area (Å²) in [6, 6.07) is 9.10. The summed E-state index contributed by atoms with van der Waals surface area (Å²) < 4.78 is 5.24. The maximum Gasteiger partial charge on any atom is 0.408 e. The smallest absolute Gasteiger partial charge is 0.408 e. The predicted molar refractivity (Wildman–Crippen MR) is 98.0 cm³/mol. The average molecular weight is 346 g/mol. The van der Waals surface area contributed by atoms with Crippen molar-refractivity contribution in [3.63, 3.8) is 0 Å². The molecule has 1 aromatic rings. The second kappa shape index (κ2) is 9.44. The Kier molecular flexibility index (Phi) is 7.29. The molecule has 0 aliphatic heterocycles. The van der Waals surface area contributed by atoms with Crippen LogP contribution in [0.4, 0.5) is 4.79 Å². The van der Waals surface area contributed by atoms with E-state index < -0.39 is 12.1 Å². The number of benzene rings is 1. The Morgan fingerprint density at radius 1 is 1.16 bits per heavy atom. The normalized spacial score (nSPS) is 21.4. The molecule has 2 amide bonds. The first-order valence-electron chi connectivity index (χ1n) is 9.25. The van der Waals surface area contributed by atoms with Crippen LogP contribution in [0, 0.1) is 11.8 Å². The summed E-state index contributed by atoms with van der Waals surface area (Å²) in [5.74, 6) is 0.351. The second-order valence-electron chi connectivity index (χ2n) is 7.30. The van der Waals surface area contributed by atoms with E-state index in [-0.39, 0.29) is 24.5 Å². The minimum Gasteiger partial charge on any atom is -0.445 e. The first kappa shape index (κ1) is 19.3. The number of amides is 2. The summed E-state index contributed by atoms with van der Waals surface area (Å²) in [4.78, 5) is 24.7. The van der Waals surface area contributed by atoms with E-state index in [1.807, 2.05) is 44.2 Å². The van der Waals surface area contributed by atoms with Crippen molar-refractivity contribution in [2.75, 3.05) is 0 Å². The lowest BCUT2D eigenvalue weighted by Gasteiger charge is -2.31. The van der Waals surface area contributed by atoms with Crippen molar-refractivity contribution in [1.82, 2.24) is 10.6 Å². The van der Waals surface area contributed by atoms with E-state index in [0.29, 0.717) is 5.92 Å². The highest BCUT2D eigenvalue weighted by Crippen LogP contribution is 2.24. The minimum absolute atomic E-state index is 0.0110. The molecular weight excluding hydrogens is 316 g/mol. The fraction of sp³-hybridized carbons (Fsp3) is 0.600. The predicted octanol–water partition coefficient (Wildman–Crippen LogP) is 3.63. The Balaban J connectivity index is 1.86. The SMILES string of the molecule is CC(C)[C@H](NC(=O)OCc1ccccc1)C(=O)N[C@H]1CCCC[C@H]1C. The molecule has 0 aromatic heterocycles. The quantitative estimate of drug-likeness (QED) is 0.826. The number of nitrogens with one attached hydrogen (secondary N) is 2. The largest absolute Gasteiger partial charge is 0.445 e. The third kappa shape index (κ3) is 6.07. The highest BCUT2D eigenvalue weighted by molar-refractivity contribution is 5.86. The van der Waals surface area contributed by atoms with Gasteiger partial charge in [-0.2, -0.15) is 0 Å². The molecule has 25 heavy (non-hydrogen) atoms. The van der Waals surface area contributed by atoms with E-state index in [2.05, 4.69) is 17.6 Å². The Morgan fingerprint density at radius 2 is 1.84 bits per heavy atom. The molecular formula is C20H30N2O3. The summed E-state index contributed by atoms with van der Waals surface area (Å²) in [6.45, 7) is 6.22. The highest BCUT2D eigenvalue weighted by Gasteiger charge is 2.29. The Hall–Kier alpha value is -2.04. The van der Waals surface area contributed by atoms with E-state index in [0.717, 1.165) is 24.8 Å². The van der Waals surface area contributed by atoms with Crippen LogP contribution in [-0.4, -0.2) is 24.1 Å². The first-order chi connectivity index (χ1) is 12.0. The standard InChI is InChI=1S/C20H30N2O3/c1-14(2)18(19(23)21-17-12-8-7-9-15(17)3)22-20(24)25-13-16-10-5-4-6-11-16/h4-6,10-11,14-15,17-18H,7-9,12-13H2,1-3H3,(H,21,23)(H,22,24)/t15-,17+,18+/m1/s1. The zero-order chi connectivity index (χ0) is 18.2. The van der Waals surface area contributed by atoms with Gasteiger partial charge in [-0.1, -0.05) is 63.9 Å². The molecule has 1 saturated carbocycles. The van der Waals surface area contributed by atoms with Gasteiger partial charge < -0.3 is 15.4 Å². The van der Waals surface area contributed by atoms with E-state index in [9.17, 15) is 9.59 Å². The zero-order valence-corrected chi connectivity index (χ0v) is 15.5. The van der Waals surface area contributed by atoms with Crippen LogP contribution in [0.25, 0.3) is 0 Å². The van der Waals surface area contributed by atoms with Gasteiger partial charge in [-0.3, -0.25) is 4.79 Å². The monoisotopic (exact) mass is 346 g/mol. The van der Waals surface area contributed by atoms with Gasteiger partial charge in [0.2, 0.25) is 5.91 Å². The number of rotatable bonds is 6. The molecule has 5 nitrogen and oxygen atoms in total. The molecule has 0 saturated heterocycles. The molecule has 0 bridgehead atoms. The number of alkyl carbamates (subject to hydrolysis) is 1. The highest BCUT2D eigenvalue weighted by atomic mass is 16.5. The van der Waals surface area contributed by atoms with Gasteiger partial charge >= 0.3 is 6.09 Å². The van der Waals surface area contributed by atoms with E-state index in [1.54, 1.807) is 0 Å². The summed E-state index contributed by atoms with van der Waals surface area (Å²) in [5, 5.41) is 5.84. The van der Waals surface area contributed by atoms with Gasteiger partial charge in [0, 0.05) is 6.04 Å². The Labute approximate surface area is 150 Å². The van der Waals surface area contributed by atoms with Crippen molar-refractivity contribution >= 4 is 12.0 Å². The second-order valence-corrected chi connectivity index (χ2v) is 7.30. The molecule has 2 rings (SSSR count). The summed E-state index contributed by atoms with van der Waals surface area (Å²) in [5.41, 5.74) is 0.916. The first-order valence-corrected chi connectivity index (χ1v) is 9.25. The molecule has 0 radical (unpaired) electrons. The van der Waals surface area contributed by atoms with Gasteiger partial charge in [0.05, 0.1) is 0 Å². The molecule has 2 N–H and O–H groups in total. The maximum absolute atomic E-state index is 12.6. The van der Waals surface area contributed by atoms with E-state index >= 15 is 0 Å². The summed E-state index contributed by atoms with van der Waals surface area (Å²) >= 11 is 0. The third-order valence-corrected chi connectivity index (χ3v) is 4.87. The molecule has 0 heterocycles. The molecule has 5 heteroatoms. The number of ether oxygens (including phenoxy) is 1.